The molecule has 1 aliphatic rings. The molecule has 2 heterocycles. The Bertz CT molecular complexity index is 1030. The summed E-state index contributed by atoms with van der Waals surface area (Å²) in [4.78, 5) is 27.2. The molecule has 2 amide bonds. The van der Waals surface area contributed by atoms with Crippen molar-refractivity contribution in [2.75, 3.05) is 16.8 Å². The van der Waals surface area contributed by atoms with Gasteiger partial charge in [-0.25, -0.2) is 8.78 Å². The number of hydrogen-bond donors (Lipinski definition) is 1. The van der Waals surface area contributed by atoms with Crippen LogP contribution >= 0.6 is 11.3 Å². The summed E-state index contributed by atoms with van der Waals surface area (Å²) in [6.07, 6.45) is 0.668. The quantitative estimate of drug-likeness (QED) is 0.724. The van der Waals surface area contributed by atoms with Gasteiger partial charge in [0.1, 0.15) is 11.6 Å². The van der Waals surface area contributed by atoms with Crippen LogP contribution < -0.4 is 10.2 Å². The number of benzene rings is 2. The van der Waals surface area contributed by atoms with Gasteiger partial charge in [-0.2, -0.15) is 0 Å². The second kappa shape index (κ2) is 6.92. The molecule has 3 aromatic rings. The maximum atomic E-state index is 13.8. The van der Waals surface area contributed by atoms with E-state index in [0.29, 0.717) is 29.6 Å². The van der Waals surface area contributed by atoms with Crippen molar-refractivity contribution in [3.63, 3.8) is 0 Å². The van der Waals surface area contributed by atoms with Crippen molar-refractivity contribution < 1.29 is 18.4 Å². The number of nitrogens with one attached hydrogen (secondary N) is 1. The van der Waals surface area contributed by atoms with Crippen molar-refractivity contribution in [1.82, 2.24) is 0 Å². The van der Waals surface area contributed by atoms with Crippen LogP contribution in [-0.2, 0) is 6.42 Å². The maximum Gasteiger partial charge on any atom is 0.268 e. The second-order valence-corrected chi connectivity index (χ2v) is 7.05. The first-order chi connectivity index (χ1) is 13.0. The van der Waals surface area contributed by atoms with Crippen molar-refractivity contribution in [1.29, 1.82) is 0 Å². The Labute approximate surface area is 158 Å². The summed E-state index contributed by atoms with van der Waals surface area (Å²) >= 11 is 1.39. The molecule has 0 atom stereocenters. The minimum absolute atomic E-state index is 0.0473. The normalized spacial score (nSPS) is 12.7. The van der Waals surface area contributed by atoms with Crippen LogP contribution in [0.1, 0.15) is 25.6 Å². The standard InChI is InChI=1S/C20H14F2N2O2S/c21-13-3-5-15(16(22)11-13)19(25)23-14-4-6-17-12(10-14)7-8-24(17)20(26)18-2-1-9-27-18/h1-6,9-11H,7-8H2,(H,23,25). The Balaban J connectivity index is 1.54. The lowest BCUT2D eigenvalue weighted by Crippen LogP contribution is -2.28. The molecule has 0 fully saturated rings. The number of thiophene rings is 1. The van der Waals surface area contributed by atoms with Crippen LogP contribution in [0.25, 0.3) is 0 Å². The Morgan fingerprint density at radius 2 is 1.93 bits per heavy atom. The fourth-order valence-electron chi connectivity index (χ4n) is 3.10. The number of halogens is 2. The van der Waals surface area contributed by atoms with Gasteiger partial charge in [0, 0.05) is 24.0 Å². The summed E-state index contributed by atoms with van der Waals surface area (Å²) in [5.74, 6) is -2.36. The lowest BCUT2D eigenvalue weighted by Gasteiger charge is -2.16. The van der Waals surface area contributed by atoms with Crippen molar-refractivity contribution in [2.45, 2.75) is 6.42 Å². The van der Waals surface area contributed by atoms with E-state index in [1.54, 1.807) is 29.2 Å². The highest BCUT2D eigenvalue weighted by atomic mass is 32.1. The predicted molar refractivity (Wildman–Crippen MR) is 100 cm³/mol. The van der Waals surface area contributed by atoms with E-state index in [-0.39, 0.29) is 11.5 Å². The van der Waals surface area contributed by atoms with Crippen LogP contribution in [0.3, 0.4) is 0 Å². The molecule has 1 aliphatic heterocycles. The van der Waals surface area contributed by atoms with Crippen molar-refractivity contribution in [3.8, 4) is 0 Å². The Kier molecular flexibility index (Phi) is 4.45. The van der Waals surface area contributed by atoms with Gasteiger partial charge >= 0.3 is 0 Å². The molecule has 0 saturated carbocycles. The Morgan fingerprint density at radius 1 is 1.07 bits per heavy atom. The number of hydrogen-bond acceptors (Lipinski definition) is 3. The van der Waals surface area contributed by atoms with Crippen molar-refractivity contribution >= 4 is 34.5 Å². The molecule has 0 spiro atoms. The largest absolute Gasteiger partial charge is 0.322 e. The highest BCUT2D eigenvalue weighted by Crippen LogP contribution is 2.32. The van der Waals surface area contributed by atoms with E-state index >= 15 is 0 Å². The monoisotopic (exact) mass is 384 g/mol. The smallest absolute Gasteiger partial charge is 0.268 e. The minimum atomic E-state index is -0.915. The fraction of sp³-hybridized carbons (Fsp3) is 0.100. The molecule has 136 valence electrons. The average Bonchev–Trinajstić information content (AvgIpc) is 3.30. The van der Waals surface area contributed by atoms with Crippen LogP contribution in [0, 0.1) is 11.6 Å². The second-order valence-electron chi connectivity index (χ2n) is 6.11. The molecule has 1 N–H and O–H groups in total. The molecule has 4 nitrogen and oxygen atoms in total. The third-order valence-corrected chi connectivity index (χ3v) is 5.24. The number of nitrogens with zero attached hydrogens (tertiary/aromatic N) is 1. The van der Waals surface area contributed by atoms with Gasteiger partial charge in [0.15, 0.2) is 0 Å². The Hall–Kier alpha value is -3.06. The minimum Gasteiger partial charge on any atom is -0.322 e. The maximum absolute atomic E-state index is 13.8. The molecular weight excluding hydrogens is 370 g/mol. The molecule has 0 unspecified atom stereocenters. The zero-order valence-electron chi connectivity index (χ0n) is 14.0. The summed E-state index contributed by atoms with van der Waals surface area (Å²) < 4.78 is 26.7. The van der Waals surface area contributed by atoms with E-state index < -0.39 is 17.5 Å². The van der Waals surface area contributed by atoms with Crippen molar-refractivity contribution in [2.24, 2.45) is 0 Å². The van der Waals surface area contributed by atoms with Crippen LogP contribution in [0.5, 0.6) is 0 Å². The molecule has 4 rings (SSSR count). The molecule has 0 saturated heterocycles. The van der Waals surface area contributed by atoms with E-state index in [9.17, 15) is 18.4 Å². The van der Waals surface area contributed by atoms with E-state index in [1.165, 1.54) is 11.3 Å². The zero-order valence-corrected chi connectivity index (χ0v) is 14.9. The molecule has 0 bridgehead atoms. The number of anilines is 2. The van der Waals surface area contributed by atoms with E-state index in [0.717, 1.165) is 23.4 Å². The molecule has 0 aliphatic carbocycles. The summed E-state index contributed by atoms with van der Waals surface area (Å²) in [7, 11) is 0. The van der Waals surface area contributed by atoms with Crippen molar-refractivity contribution in [3.05, 3.63) is 81.5 Å². The van der Waals surface area contributed by atoms with Gasteiger partial charge in [0.25, 0.3) is 11.8 Å². The van der Waals surface area contributed by atoms with Crippen LogP contribution in [-0.4, -0.2) is 18.4 Å². The first-order valence-electron chi connectivity index (χ1n) is 8.27. The van der Waals surface area contributed by atoms with Gasteiger partial charge < -0.3 is 10.2 Å². The van der Waals surface area contributed by atoms with Gasteiger partial charge in [-0.1, -0.05) is 6.07 Å². The molecule has 2 aromatic carbocycles. The summed E-state index contributed by atoms with van der Waals surface area (Å²) in [6, 6.07) is 11.6. The Morgan fingerprint density at radius 3 is 2.67 bits per heavy atom. The zero-order chi connectivity index (χ0) is 19.0. The lowest BCUT2D eigenvalue weighted by molar-refractivity contribution is 0.0990. The first-order valence-corrected chi connectivity index (χ1v) is 9.15. The molecule has 1 aromatic heterocycles. The number of carbonyl (C=O) groups excluding carboxylic acids is 2. The molecule has 7 heteroatoms. The number of rotatable bonds is 3. The summed E-state index contributed by atoms with van der Waals surface area (Å²) in [5, 5.41) is 4.48. The first kappa shape index (κ1) is 17.4. The van der Waals surface area contributed by atoms with Gasteiger partial charge in [0.05, 0.1) is 10.4 Å². The third-order valence-electron chi connectivity index (χ3n) is 4.39. The fourth-order valence-corrected chi connectivity index (χ4v) is 3.77. The highest BCUT2D eigenvalue weighted by molar-refractivity contribution is 7.12. The molecular formula is C20H14F2N2O2S. The lowest BCUT2D eigenvalue weighted by atomic mass is 10.1. The van der Waals surface area contributed by atoms with E-state index in [2.05, 4.69) is 5.32 Å². The third kappa shape index (κ3) is 3.33. The number of fused-ring (bicyclic) bond motifs is 1. The van der Waals surface area contributed by atoms with Gasteiger partial charge in [-0.3, -0.25) is 9.59 Å². The predicted octanol–water partition coefficient (Wildman–Crippen LogP) is 4.48. The molecule has 27 heavy (non-hydrogen) atoms. The highest BCUT2D eigenvalue weighted by Gasteiger charge is 2.26. The SMILES string of the molecule is O=C(Nc1ccc2c(c1)CCN2C(=O)c1cccs1)c1ccc(F)cc1F. The molecule has 0 radical (unpaired) electrons. The topological polar surface area (TPSA) is 49.4 Å². The van der Waals surface area contributed by atoms with Gasteiger partial charge in [-0.05, 0) is 53.8 Å². The average molecular weight is 384 g/mol. The van der Waals surface area contributed by atoms with E-state index in [1.807, 2.05) is 11.4 Å². The van der Waals surface area contributed by atoms with E-state index in [4.69, 9.17) is 0 Å². The number of carbonyl (C=O) groups is 2. The van der Waals surface area contributed by atoms with Crippen LogP contribution in [0.15, 0.2) is 53.9 Å². The number of amides is 2. The van der Waals surface area contributed by atoms with Gasteiger partial charge in [-0.15, -0.1) is 11.3 Å². The van der Waals surface area contributed by atoms with Crippen LogP contribution in [0.2, 0.25) is 0 Å². The van der Waals surface area contributed by atoms with Gasteiger partial charge in [0.2, 0.25) is 0 Å². The summed E-state index contributed by atoms with van der Waals surface area (Å²) in [6.45, 7) is 0.566. The van der Waals surface area contributed by atoms with Crippen LogP contribution in [0.4, 0.5) is 20.2 Å². The summed E-state index contributed by atoms with van der Waals surface area (Å²) in [5.41, 5.74) is 2.00.